The molecule has 5 heteroatoms. The Morgan fingerprint density at radius 1 is 1.22 bits per heavy atom. The van der Waals surface area contributed by atoms with Gasteiger partial charge in [-0.1, -0.05) is 13.0 Å². The van der Waals surface area contributed by atoms with E-state index in [0.29, 0.717) is 0 Å². The third-order valence-corrected chi connectivity index (χ3v) is 3.97. The molecule has 0 aliphatic rings. The van der Waals surface area contributed by atoms with Crippen LogP contribution in [0.1, 0.15) is 29.6 Å². The fraction of sp³-hybridized carbons (Fsp3) is 0.278. The standard InChI is InChI=1S/C18H20N4O/c1-4-17-20-11(3)18(22-17)15-7-10(2)13-8-12(9-16(19)23)5-6-14(13)21-15/h5-8H,4,9H2,1-3H3,(H2,19,23)(H,20,22). The summed E-state index contributed by atoms with van der Waals surface area (Å²) in [6.07, 6.45) is 1.11. The second-order valence-electron chi connectivity index (χ2n) is 5.83. The summed E-state index contributed by atoms with van der Waals surface area (Å²) in [6.45, 7) is 6.13. The number of aryl methyl sites for hydroxylation is 3. The van der Waals surface area contributed by atoms with E-state index >= 15 is 0 Å². The van der Waals surface area contributed by atoms with Crippen molar-refractivity contribution in [3.63, 3.8) is 0 Å². The molecule has 3 N–H and O–H groups in total. The van der Waals surface area contributed by atoms with Crippen LogP contribution in [0.2, 0.25) is 0 Å². The Bertz CT molecular complexity index is 895. The lowest BCUT2D eigenvalue weighted by Crippen LogP contribution is -2.13. The highest BCUT2D eigenvalue weighted by Gasteiger charge is 2.12. The minimum atomic E-state index is -0.328. The Morgan fingerprint density at radius 2 is 2.00 bits per heavy atom. The molecule has 0 aliphatic carbocycles. The lowest BCUT2D eigenvalue weighted by Gasteiger charge is -2.07. The van der Waals surface area contributed by atoms with E-state index < -0.39 is 0 Å². The van der Waals surface area contributed by atoms with Gasteiger partial charge in [0.25, 0.3) is 0 Å². The number of amides is 1. The number of nitrogens with one attached hydrogen (secondary N) is 1. The van der Waals surface area contributed by atoms with Crippen molar-refractivity contribution in [1.82, 2.24) is 15.0 Å². The fourth-order valence-corrected chi connectivity index (χ4v) is 2.81. The lowest BCUT2D eigenvalue weighted by molar-refractivity contribution is -0.117. The van der Waals surface area contributed by atoms with Crippen LogP contribution in [0.15, 0.2) is 24.3 Å². The van der Waals surface area contributed by atoms with Gasteiger partial charge in [-0.05, 0) is 43.2 Å². The molecule has 1 amide bonds. The second-order valence-corrected chi connectivity index (χ2v) is 5.83. The lowest BCUT2D eigenvalue weighted by atomic mass is 10.0. The van der Waals surface area contributed by atoms with Gasteiger partial charge in [0.15, 0.2) is 0 Å². The number of hydrogen-bond donors (Lipinski definition) is 2. The maximum absolute atomic E-state index is 11.1. The number of pyridine rings is 1. The Morgan fingerprint density at radius 3 is 2.65 bits per heavy atom. The van der Waals surface area contributed by atoms with Gasteiger partial charge in [-0.3, -0.25) is 4.79 Å². The number of hydrogen-bond acceptors (Lipinski definition) is 3. The number of carbonyl (C=O) groups excluding carboxylic acids is 1. The van der Waals surface area contributed by atoms with Crippen molar-refractivity contribution in [3.05, 3.63) is 46.9 Å². The monoisotopic (exact) mass is 308 g/mol. The molecule has 118 valence electrons. The van der Waals surface area contributed by atoms with Gasteiger partial charge in [-0.2, -0.15) is 0 Å². The van der Waals surface area contributed by atoms with Crippen LogP contribution in [0.5, 0.6) is 0 Å². The maximum atomic E-state index is 11.1. The first-order valence-electron chi connectivity index (χ1n) is 7.72. The van der Waals surface area contributed by atoms with Gasteiger partial charge < -0.3 is 10.7 Å². The summed E-state index contributed by atoms with van der Waals surface area (Å²) < 4.78 is 0. The Hall–Kier alpha value is -2.69. The zero-order chi connectivity index (χ0) is 16.6. The topological polar surface area (TPSA) is 84.7 Å². The van der Waals surface area contributed by atoms with Crippen LogP contribution >= 0.6 is 0 Å². The van der Waals surface area contributed by atoms with E-state index in [0.717, 1.165) is 51.4 Å². The third-order valence-electron chi connectivity index (χ3n) is 3.97. The quantitative estimate of drug-likeness (QED) is 0.777. The number of rotatable bonds is 4. The molecule has 2 heterocycles. The molecule has 0 spiro atoms. The minimum absolute atomic E-state index is 0.246. The molecule has 0 saturated heterocycles. The molecule has 3 aromatic rings. The molecule has 1 aromatic carbocycles. The van der Waals surface area contributed by atoms with Gasteiger partial charge in [0.2, 0.25) is 5.91 Å². The van der Waals surface area contributed by atoms with Crippen LogP contribution in [0.25, 0.3) is 22.3 Å². The number of fused-ring (bicyclic) bond motifs is 1. The van der Waals surface area contributed by atoms with Crippen LogP contribution in [-0.4, -0.2) is 20.9 Å². The van der Waals surface area contributed by atoms with E-state index in [1.54, 1.807) is 0 Å². The maximum Gasteiger partial charge on any atom is 0.221 e. The summed E-state index contributed by atoms with van der Waals surface area (Å²) in [6, 6.07) is 7.87. The predicted octanol–water partition coefficient (Wildman–Crippen LogP) is 2.83. The van der Waals surface area contributed by atoms with Gasteiger partial charge in [0, 0.05) is 17.5 Å². The van der Waals surface area contributed by atoms with Crippen molar-refractivity contribution in [1.29, 1.82) is 0 Å². The van der Waals surface area contributed by atoms with E-state index in [1.807, 2.05) is 38.1 Å². The first-order valence-corrected chi connectivity index (χ1v) is 7.72. The van der Waals surface area contributed by atoms with E-state index in [2.05, 4.69) is 16.9 Å². The summed E-state index contributed by atoms with van der Waals surface area (Å²) in [5.41, 5.74) is 11.0. The molecule has 5 nitrogen and oxygen atoms in total. The molecule has 0 fully saturated rings. The van der Waals surface area contributed by atoms with Crippen molar-refractivity contribution >= 4 is 16.8 Å². The summed E-state index contributed by atoms with van der Waals surface area (Å²) in [5.74, 6) is 0.639. The number of benzene rings is 1. The smallest absolute Gasteiger partial charge is 0.221 e. The zero-order valence-corrected chi connectivity index (χ0v) is 13.6. The van der Waals surface area contributed by atoms with Crippen molar-refractivity contribution in [2.75, 3.05) is 0 Å². The molecule has 23 heavy (non-hydrogen) atoms. The van der Waals surface area contributed by atoms with E-state index in [1.165, 1.54) is 0 Å². The van der Waals surface area contributed by atoms with Crippen LogP contribution < -0.4 is 5.73 Å². The van der Waals surface area contributed by atoms with Gasteiger partial charge in [-0.25, -0.2) is 9.97 Å². The average molecular weight is 308 g/mol. The number of imidazole rings is 1. The first-order chi connectivity index (χ1) is 11.0. The van der Waals surface area contributed by atoms with Crippen molar-refractivity contribution in [3.8, 4) is 11.4 Å². The largest absolute Gasteiger partial charge is 0.369 e. The summed E-state index contributed by atoms with van der Waals surface area (Å²) in [5, 5.41) is 1.04. The SMILES string of the molecule is CCc1nc(-c2cc(C)c3cc(CC(N)=O)ccc3n2)c(C)[nH]1. The van der Waals surface area contributed by atoms with Gasteiger partial charge >= 0.3 is 0 Å². The zero-order valence-electron chi connectivity index (χ0n) is 13.6. The number of carbonyl (C=O) groups is 1. The van der Waals surface area contributed by atoms with E-state index in [9.17, 15) is 4.79 Å². The highest BCUT2D eigenvalue weighted by atomic mass is 16.1. The normalized spacial score (nSPS) is 11.1. The van der Waals surface area contributed by atoms with Crippen LogP contribution in [-0.2, 0) is 17.6 Å². The predicted molar refractivity (Wildman–Crippen MR) is 91.1 cm³/mol. The highest BCUT2D eigenvalue weighted by molar-refractivity contribution is 5.87. The molecular weight excluding hydrogens is 288 g/mol. The number of nitrogens with two attached hydrogens (primary N) is 1. The fourth-order valence-electron chi connectivity index (χ4n) is 2.81. The van der Waals surface area contributed by atoms with Crippen molar-refractivity contribution in [2.24, 2.45) is 5.73 Å². The Kier molecular flexibility index (Phi) is 3.86. The summed E-state index contributed by atoms with van der Waals surface area (Å²) in [7, 11) is 0. The highest BCUT2D eigenvalue weighted by Crippen LogP contribution is 2.26. The average Bonchev–Trinajstić information content (AvgIpc) is 2.88. The molecule has 0 atom stereocenters. The molecule has 3 rings (SSSR count). The molecule has 0 aliphatic heterocycles. The van der Waals surface area contributed by atoms with Crippen molar-refractivity contribution < 1.29 is 4.79 Å². The second kappa shape index (κ2) is 5.83. The van der Waals surface area contributed by atoms with Crippen LogP contribution in [0.4, 0.5) is 0 Å². The Labute approximate surface area is 135 Å². The number of primary amides is 1. The van der Waals surface area contributed by atoms with Gasteiger partial charge in [0.05, 0.1) is 17.6 Å². The molecular formula is C18H20N4O. The molecule has 2 aromatic heterocycles. The van der Waals surface area contributed by atoms with Gasteiger partial charge in [-0.15, -0.1) is 0 Å². The number of nitrogens with zero attached hydrogens (tertiary/aromatic N) is 2. The number of aromatic amines is 1. The van der Waals surface area contributed by atoms with E-state index in [-0.39, 0.29) is 12.3 Å². The number of H-pyrrole nitrogens is 1. The minimum Gasteiger partial charge on any atom is -0.369 e. The van der Waals surface area contributed by atoms with E-state index in [4.69, 9.17) is 10.7 Å². The molecule has 0 unspecified atom stereocenters. The summed E-state index contributed by atoms with van der Waals surface area (Å²) in [4.78, 5) is 23.7. The van der Waals surface area contributed by atoms with Crippen molar-refractivity contribution in [2.45, 2.75) is 33.6 Å². The summed E-state index contributed by atoms with van der Waals surface area (Å²) >= 11 is 0. The molecule has 0 bridgehead atoms. The van der Waals surface area contributed by atoms with Crippen LogP contribution in [0, 0.1) is 13.8 Å². The Balaban J connectivity index is 2.10. The van der Waals surface area contributed by atoms with Gasteiger partial charge in [0.1, 0.15) is 11.5 Å². The van der Waals surface area contributed by atoms with Crippen LogP contribution in [0.3, 0.4) is 0 Å². The number of aromatic nitrogens is 3. The third kappa shape index (κ3) is 2.95. The first kappa shape index (κ1) is 15.2. The molecule has 0 radical (unpaired) electrons. The molecule has 0 saturated carbocycles.